The molecule has 0 aromatic heterocycles. The van der Waals surface area contributed by atoms with E-state index >= 15 is 0 Å². The largest absolute Gasteiger partial charge is 0.326 e. The Kier molecular flexibility index (Phi) is 3.72. The molecule has 0 aliphatic heterocycles. The van der Waals surface area contributed by atoms with Crippen molar-refractivity contribution in [3.05, 3.63) is 57.6 Å². The van der Waals surface area contributed by atoms with E-state index in [2.05, 4.69) is 19.1 Å². The highest BCUT2D eigenvalue weighted by Gasteiger charge is 2.05. The molecule has 0 bridgehead atoms. The van der Waals surface area contributed by atoms with Gasteiger partial charge in [0.2, 0.25) is 0 Å². The Labute approximate surface area is 111 Å². The zero-order valence-corrected chi connectivity index (χ0v) is 11.0. The van der Waals surface area contributed by atoms with Crippen molar-refractivity contribution in [2.75, 3.05) is 0 Å². The van der Waals surface area contributed by atoms with Gasteiger partial charge in [-0.3, -0.25) is 0 Å². The predicted molar refractivity (Wildman–Crippen MR) is 74.5 cm³/mol. The molecule has 2 aromatic rings. The van der Waals surface area contributed by atoms with Crippen LogP contribution >= 0.6 is 23.2 Å². The second kappa shape index (κ2) is 5.09. The summed E-state index contributed by atoms with van der Waals surface area (Å²) < 4.78 is 0. The average Bonchev–Trinajstić information content (AvgIpc) is 2.28. The Bertz CT molecular complexity index is 530. The number of halogens is 2. The summed E-state index contributed by atoms with van der Waals surface area (Å²) in [6.07, 6.45) is 0. The zero-order valence-electron chi connectivity index (χ0n) is 9.50. The van der Waals surface area contributed by atoms with Gasteiger partial charge in [-0.1, -0.05) is 35.3 Å². The van der Waals surface area contributed by atoms with Crippen molar-refractivity contribution in [2.24, 2.45) is 5.73 Å². The molecule has 2 aromatic carbocycles. The second-order valence-electron chi connectivity index (χ2n) is 4.01. The lowest BCUT2D eigenvalue weighted by atomic mass is 9.98. The Hall–Kier alpha value is -1.02. The lowest BCUT2D eigenvalue weighted by molar-refractivity contribution is 1.07. The molecule has 0 spiro atoms. The molecule has 0 fully saturated rings. The van der Waals surface area contributed by atoms with Crippen LogP contribution in [-0.4, -0.2) is 0 Å². The van der Waals surface area contributed by atoms with Crippen LogP contribution in [0.1, 0.15) is 11.1 Å². The molecular weight excluding hydrogens is 253 g/mol. The topological polar surface area (TPSA) is 26.0 Å². The summed E-state index contributed by atoms with van der Waals surface area (Å²) in [6.45, 7) is 2.59. The number of aryl methyl sites for hydroxylation is 1. The number of hydrogen-bond donors (Lipinski definition) is 1. The molecule has 0 saturated carbocycles. The normalized spacial score (nSPS) is 10.6. The first-order chi connectivity index (χ1) is 8.10. The van der Waals surface area contributed by atoms with Crippen molar-refractivity contribution in [3.63, 3.8) is 0 Å². The molecule has 88 valence electrons. The van der Waals surface area contributed by atoms with Crippen molar-refractivity contribution in [1.29, 1.82) is 0 Å². The van der Waals surface area contributed by atoms with E-state index in [1.165, 1.54) is 5.56 Å². The molecule has 0 amide bonds. The van der Waals surface area contributed by atoms with Gasteiger partial charge in [-0.05, 0) is 53.4 Å². The fourth-order valence-corrected chi connectivity index (χ4v) is 2.34. The number of nitrogens with two attached hydrogens (primary N) is 1. The molecule has 0 radical (unpaired) electrons. The molecule has 2 N–H and O–H groups in total. The summed E-state index contributed by atoms with van der Waals surface area (Å²) in [4.78, 5) is 0. The highest BCUT2D eigenvalue weighted by molar-refractivity contribution is 6.35. The van der Waals surface area contributed by atoms with Crippen LogP contribution in [0.4, 0.5) is 0 Å². The molecule has 2 rings (SSSR count). The van der Waals surface area contributed by atoms with E-state index in [9.17, 15) is 0 Å². The van der Waals surface area contributed by atoms with Crippen LogP contribution in [0, 0.1) is 6.92 Å². The highest BCUT2D eigenvalue weighted by Crippen LogP contribution is 2.30. The van der Waals surface area contributed by atoms with Crippen LogP contribution in [0.3, 0.4) is 0 Å². The fraction of sp³-hybridized carbons (Fsp3) is 0.143. The standard InChI is InChI=1S/C14H13Cl2N/c1-9-2-3-10(8-17)4-14(9)11-5-12(15)7-13(16)6-11/h2-7H,8,17H2,1H3. The van der Waals surface area contributed by atoms with E-state index in [1.807, 2.05) is 18.2 Å². The first-order valence-corrected chi connectivity index (χ1v) is 6.12. The van der Waals surface area contributed by atoms with Crippen molar-refractivity contribution >= 4 is 23.2 Å². The molecule has 0 aliphatic carbocycles. The van der Waals surface area contributed by atoms with Gasteiger partial charge in [0, 0.05) is 16.6 Å². The smallest absolute Gasteiger partial charge is 0.0426 e. The lowest BCUT2D eigenvalue weighted by Gasteiger charge is -2.09. The summed E-state index contributed by atoms with van der Waals surface area (Å²) in [6, 6.07) is 11.7. The van der Waals surface area contributed by atoms with Crippen molar-refractivity contribution in [2.45, 2.75) is 13.5 Å². The maximum Gasteiger partial charge on any atom is 0.0426 e. The van der Waals surface area contributed by atoms with E-state index in [-0.39, 0.29) is 0 Å². The van der Waals surface area contributed by atoms with Crippen LogP contribution in [-0.2, 0) is 6.54 Å². The molecule has 0 atom stereocenters. The first-order valence-electron chi connectivity index (χ1n) is 5.36. The fourth-order valence-electron chi connectivity index (χ4n) is 1.82. The van der Waals surface area contributed by atoms with E-state index in [4.69, 9.17) is 28.9 Å². The summed E-state index contributed by atoms with van der Waals surface area (Å²) in [7, 11) is 0. The second-order valence-corrected chi connectivity index (χ2v) is 4.88. The highest BCUT2D eigenvalue weighted by atomic mass is 35.5. The third-order valence-electron chi connectivity index (χ3n) is 2.71. The Morgan fingerprint density at radius 1 is 1.00 bits per heavy atom. The Balaban J connectivity index is 2.58. The minimum absolute atomic E-state index is 0.529. The summed E-state index contributed by atoms with van der Waals surface area (Å²) >= 11 is 12.0. The summed E-state index contributed by atoms with van der Waals surface area (Å²) in [5.74, 6) is 0. The van der Waals surface area contributed by atoms with Gasteiger partial charge < -0.3 is 5.73 Å². The first kappa shape index (κ1) is 12.4. The monoisotopic (exact) mass is 265 g/mol. The zero-order chi connectivity index (χ0) is 12.4. The molecule has 1 nitrogen and oxygen atoms in total. The molecular formula is C14H13Cl2N. The minimum atomic E-state index is 0.529. The predicted octanol–water partition coefficient (Wildman–Crippen LogP) is 4.43. The van der Waals surface area contributed by atoms with Crippen molar-refractivity contribution in [3.8, 4) is 11.1 Å². The minimum Gasteiger partial charge on any atom is -0.326 e. The molecule has 0 heterocycles. The van der Waals surface area contributed by atoms with E-state index < -0.39 is 0 Å². The molecule has 0 saturated heterocycles. The lowest BCUT2D eigenvalue weighted by Crippen LogP contribution is -1.97. The van der Waals surface area contributed by atoms with Gasteiger partial charge >= 0.3 is 0 Å². The Morgan fingerprint density at radius 3 is 2.24 bits per heavy atom. The maximum absolute atomic E-state index is 6.02. The van der Waals surface area contributed by atoms with Crippen LogP contribution in [0.2, 0.25) is 10.0 Å². The van der Waals surface area contributed by atoms with Gasteiger partial charge in [-0.2, -0.15) is 0 Å². The third-order valence-corrected chi connectivity index (χ3v) is 3.15. The van der Waals surface area contributed by atoms with Gasteiger partial charge in [-0.15, -0.1) is 0 Å². The third kappa shape index (κ3) is 2.81. The van der Waals surface area contributed by atoms with Crippen LogP contribution in [0.5, 0.6) is 0 Å². The summed E-state index contributed by atoms with van der Waals surface area (Å²) in [5, 5.41) is 1.29. The summed E-state index contributed by atoms with van der Waals surface area (Å²) in [5.41, 5.74) is 10.1. The van der Waals surface area contributed by atoms with Crippen LogP contribution < -0.4 is 5.73 Å². The van der Waals surface area contributed by atoms with Crippen LogP contribution in [0.15, 0.2) is 36.4 Å². The van der Waals surface area contributed by atoms with E-state index in [0.29, 0.717) is 16.6 Å². The average molecular weight is 266 g/mol. The number of hydrogen-bond acceptors (Lipinski definition) is 1. The van der Waals surface area contributed by atoms with Crippen LogP contribution in [0.25, 0.3) is 11.1 Å². The SMILES string of the molecule is Cc1ccc(CN)cc1-c1cc(Cl)cc(Cl)c1. The van der Waals surface area contributed by atoms with E-state index in [0.717, 1.165) is 16.7 Å². The number of benzene rings is 2. The quantitative estimate of drug-likeness (QED) is 0.855. The molecule has 0 unspecified atom stereocenters. The van der Waals surface area contributed by atoms with Gasteiger partial charge in [0.1, 0.15) is 0 Å². The molecule has 17 heavy (non-hydrogen) atoms. The molecule has 0 aliphatic rings. The van der Waals surface area contributed by atoms with Crippen molar-refractivity contribution in [1.82, 2.24) is 0 Å². The van der Waals surface area contributed by atoms with Gasteiger partial charge in [0.05, 0.1) is 0 Å². The van der Waals surface area contributed by atoms with Gasteiger partial charge in [0.25, 0.3) is 0 Å². The number of rotatable bonds is 2. The Morgan fingerprint density at radius 2 is 1.65 bits per heavy atom. The molecule has 3 heteroatoms. The maximum atomic E-state index is 6.02. The van der Waals surface area contributed by atoms with Gasteiger partial charge in [0.15, 0.2) is 0 Å². The van der Waals surface area contributed by atoms with Gasteiger partial charge in [-0.25, -0.2) is 0 Å². The van der Waals surface area contributed by atoms with Crippen molar-refractivity contribution < 1.29 is 0 Å². The van der Waals surface area contributed by atoms with E-state index in [1.54, 1.807) is 6.07 Å².